The lowest BCUT2D eigenvalue weighted by Gasteiger charge is -2.29. The highest BCUT2D eigenvalue weighted by atomic mass is 16.3. The van der Waals surface area contributed by atoms with Crippen molar-refractivity contribution in [2.24, 2.45) is 0 Å². The molecule has 1 aromatic heterocycles. The number of hydrogen-bond acceptors (Lipinski definition) is 3. The molecule has 5 nitrogen and oxygen atoms in total. The van der Waals surface area contributed by atoms with E-state index in [1.807, 2.05) is 16.8 Å². The zero-order chi connectivity index (χ0) is 12.3. The van der Waals surface area contributed by atoms with E-state index < -0.39 is 6.04 Å². The molecule has 3 N–H and O–H groups in total. The summed E-state index contributed by atoms with van der Waals surface area (Å²) in [5, 5.41) is 20.5. The van der Waals surface area contributed by atoms with Gasteiger partial charge in [-0.25, -0.2) is 0 Å². The molecular formula is C12H18N2O3. The number of carbonyl (C=O) groups is 1. The Kier molecular flexibility index (Phi) is 3.81. The average Bonchev–Trinajstić information content (AvgIpc) is 2.72. The molecule has 0 atom stereocenters. The minimum atomic E-state index is -0.591. The molecule has 1 aliphatic rings. The van der Waals surface area contributed by atoms with Gasteiger partial charge < -0.3 is 20.1 Å². The number of aliphatic hydroxyl groups is 2. The van der Waals surface area contributed by atoms with Crippen LogP contribution in [0.3, 0.4) is 0 Å². The second-order valence-electron chi connectivity index (χ2n) is 4.42. The fourth-order valence-corrected chi connectivity index (χ4v) is 1.98. The Balaban J connectivity index is 2.05. The largest absolute Gasteiger partial charge is 0.394 e. The molecule has 17 heavy (non-hydrogen) atoms. The van der Waals surface area contributed by atoms with Crippen molar-refractivity contribution in [3.05, 3.63) is 24.0 Å². The van der Waals surface area contributed by atoms with E-state index in [0.717, 1.165) is 12.8 Å². The SMILES string of the molecule is O=C(NC(CO)CO)c1cccn1C1CCC1. The van der Waals surface area contributed by atoms with Crippen molar-refractivity contribution < 1.29 is 15.0 Å². The summed E-state index contributed by atoms with van der Waals surface area (Å²) < 4.78 is 1.98. The number of aliphatic hydroxyl groups excluding tert-OH is 2. The molecule has 1 aliphatic carbocycles. The molecule has 2 rings (SSSR count). The third-order valence-corrected chi connectivity index (χ3v) is 3.26. The van der Waals surface area contributed by atoms with Gasteiger partial charge in [0.2, 0.25) is 0 Å². The summed E-state index contributed by atoms with van der Waals surface area (Å²) in [4.78, 5) is 11.9. The van der Waals surface area contributed by atoms with Crippen molar-refractivity contribution in [1.29, 1.82) is 0 Å². The number of rotatable bonds is 5. The molecule has 1 saturated carbocycles. The van der Waals surface area contributed by atoms with E-state index in [1.54, 1.807) is 6.07 Å². The van der Waals surface area contributed by atoms with Gasteiger partial charge in [0.15, 0.2) is 0 Å². The van der Waals surface area contributed by atoms with Crippen molar-refractivity contribution in [2.75, 3.05) is 13.2 Å². The summed E-state index contributed by atoms with van der Waals surface area (Å²) in [6.45, 7) is -0.515. The number of aromatic nitrogens is 1. The van der Waals surface area contributed by atoms with Crippen LogP contribution < -0.4 is 5.32 Å². The molecule has 5 heteroatoms. The van der Waals surface area contributed by atoms with Gasteiger partial charge in [-0.1, -0.05) is 0 Å². The summed E-state index contributed by atoms with van der Waals surface area (Å²) in [6.07, 6.45) is 5.34. The van der Waals surface area contributed by atoms with Gasteiger partial charge >= 0.3 is 0 Å². The van der Waals surface area contributed by atoms with Crippen LogP contribution in [0, 0.1) is 0 Å². The van der Waals surface area contributed by atoms with E-state index in [2.05, 4.69) is 5.32 Å². The lowest BCUT2D eigenvalue weighted by molar-refractivity contribution is 0.0864. The average molecular weight is 238 g/mol. The van der Waals surface area contributed by atoms with Crippen LogP contribution in [0.15, 0.2) is 18.3 Å². The van der Waals surface area contributed by atoms with E-state index in [1.165, 1.54) is 6.42 Å². The molecule has 0 aromatic carbocycles. The van der Waals surface area contributed by atoms with E-state index in [0.29, 0.717) is 11.7 Å². The molecule has 1 fully saturated rings. The van der Waals surface area contributed by atoms with Gasteiger partial charge in [-0.2, -0.15) is 0 Å². The smallest absolute Gasteiger partial charge is 0.268 e. The Labute approximate surface area is 100 Å². The van der Waals surface area contributed by atoms with Crippen LogP contribution >= 0.6 is 0 Å². The van der Waals surface area contributed by atoms with Crippen LogP contribution in [0.5, 0.6) is 0 Å². The van der Waals surface area contributed by atoms with E-state index in [9.17, 15) is 4.79 Å². The van der Waals surface area contributed by atoms with Gasteiger partial charge in [-0.15, -0.1) is 0 Å². The standard InChI is InChI=1S/C12H18N2O3/c15-7-9(8-16)13-12(17)11-5-2-6-14(11)10-3-1-4-10/h2,5-6,9-10,15-16H,1,3-4,7-8H2,(H,13,17). The number of amides is 1. The van der Waals surface area contributed by atoms with E-state index in [-0.39, 0.29) is 19.1 Å². The van der Waals surface area contributed by atoms with Crippen LogP contribution in [0.25, 0.3) is 0 Å². The van der Waals surface area contributed by atoms with Crippen LogP contribution in [0.4, 0.5) is 0 Å². The second-order valence-corrected chi connectivity index (χ2v) is 4.42. The molecule has 94 valence electrons. The van der Waals surface area contributed by atoms with Gasteiger partial charge in [-0.3, -0.25) is 4.79 Å². The number of carbonyl (C=O) groups excluding carboxylic acids is 1. The highest BCUT2D eigenvalue weighted by Gasteiger charge is 2.23. The molecular weight excluding hydrogens is 220 g/mol. The molecule has 0 spiro atoms. The third-order valence-electron chi connectivity index (χ3n) is 3.26. The highest BCUT2D eigenvalue weighted by Crippen LogP contribution is 2.32. The molecule has 1 aromatic rings. The maximum absolute atomic E-state index is 11.9. The lowest BCUT2D eigenvalue weighted by Crippen LogP contribution is -2.41. The molecule has 0 unspecified atom stereocenters. The first-order chi connectivity index (χ1) is 8.26. The minimum absolute atomic E-state index is 0.241. The number of nitrogens with one attached hydrogen (secondary N) is 1. The quantitative estimate of drug-likeness (QED) is 0.690. The first kappa shape index (κ1) is 12.1. The Bertz CT molecular complexity index is 381. The molecule has 0 saturated heterocycles. The van der Waals surface area contributed by atoms with Crippen molar-refractivity contribution >= 4 is 5.91 Å². The predicted molar refractivity (Wildman–Crippen MR) is 62.7 cm³/mol. The summed E-state index contributed by atoms with van der Waals surface area (Å²) in [6, 6.07) is 3.44. The third kappa shape index (κ3) is 2.50. The highest BCUT2D eigenvalue weighted by molar-refractivity contribution is 5.93. The zero-order valence-electron chi connectivity index (χ0n) is 9.67. The Morgan fingerprint density at radius 3 is 2.71 bits per heavy atom. The van der Waals surface area contributed by atoms with Crippen LogP contribution in [-0.4, -0.2) is 39.9 Å². The zero-order valence-corrected chi connectivity index (χ0v) is 9.67. The van der Waals surface area contributed by atoms with Crippen molar-refractivity contribution in [3.8, 4) is 0 Å². The second kappa shape index (κ2) is 5.33. The Hall–Kier alpha value is -1.33. The van der Waals surface area contributed by atoms with Gasteiger partial charge in [0.25, 0.3) is 5.91 Å². The Morgan fingerprint density at radius 2 is 2.18 bits per heavy atom. The van der Waals surface area contributed by atoms with Crippen molar-refractivity contribution in [3.63, 3.8) is 0 Å². The van der Waals surface area contributed by atoms with E-state index in [4.69, 9.17) is 10.2 Å². The van der Waals surface area contributed by atoms with Crippen molar-refractivity contribution in [1.82, 2.24) is 9.88 Å². The minimum Gasteiger partial charge on any atom is -0.394 e. The van der Waals surface area contributed by atoms with Crippen LogP contribution in [0.2, 0.25) is 0 Å². The van der Waals surface area contributed by atoms with Gasteiger partial charge in [0.1, 0.15) is 5.69 Å². The van der Waals surface area contributed by atoms with Gasteiger partial charge in [0, 0.05) is 12.2 Å². The fraction of sp³-hybridized carbons (Fsp3) is 0.583. The summed E-state index contributed by atoms with van der Waals surface area (Å²) in [7, 11) is 0. The normalized spacial score (nSPS) is 15.9. The maximum atomic E-state index is 11.9. The summed E-state index contributed by atoms with van der Waals surface area (Å²) in [5.41, 5.74) is 0.599. The summed E-state index contributed by atoms with van der Waals surface area (Å²) in [5.74, 6) is -0.241. The molecule has 0 aliphatic heterocycles. The molecule has 1 amide bonds. The topological polar surface area (TPSA) is 74.5 Å². The molecule has 1 heterocycles. The molecule has 0 radical (unpaired) electrons. The fourth-order valence-electron chi connectivity index (χ4n) is 1.98. The monoisotopic (exact) mass is 238 g/mol. The van der Waals surface area contributed by atoms with Crippen LogP contribution in [-0.2, 0) is 0 Å². The predicted octanol–water partition coefficient (Wildman–Crippen LogP) is 0.296. The van der Waals surface area contributed by atoms with Gasteiger partial charge in [-0.05, 0) is 31.4 Å². The summed E-state index contributed by atoms with van der Waals surface area (Å²) >= 11 is 0. The van der Waals surface area contributed by atoms with Crippen LogP contribution in [0.1, 0.15) is 35.8 Å². The molecule has 0 bridgehead atoms. The maximum Gasteiger partial charge on any atom is 0.268 e. The Morgan fingerprint density at radius 1 is 1.47 bits per heavy atom. The first-order valence-corrected chi connectivity index (χ1v) is 5.95. The van der Waals surface area contributed by atoms with E-state index >= 15 is 0 Å². The first-order valence-electron chi connectivity index (χ1n) is 5.95. The number of nitrogens with zero attached hydrogens (tertiary/aromatic N) is 1. The number of hydrogen-bond donors (Lipinski definition) is 3. The van der Waals surface area contributed by atoms with Gasteiger partial charge in [0.05, 0.1) is 19.3 Å². The van der Waals surface area contributed by atoms with Crippen molar-refractivity contribution in [2.45, 2.75) is 31.3 Å². The lowest BCUT2D eigenvalue weighted by atomic mass is 9.93.